The Morgan fingerprint density at radius 1 is 1.13 bits per heavy atom. The molecule has 0 fully saturated rings. The van der Waals surface area contributed by atoms with E-state index in [0.29, 0.717) is 12.8 Å². The van der Waals surface area contributed by atoms with Gasteiger partial charge >= 0.3 is 6.09 Å². The lowest BCUT2D eigenvalue weighted by atomic mass is 9.90. The minimum absolute atomic E-state index is 0.00292. The van der Waals surface area contributed by atoms with Crippen LogP contribution in [0.5, 0.6) is 0 Å². The van der Waals surface area contributed by atoms with Crippen molar-refractivity contribution in [1.82, 2.24) is 5.32 Å². The van der Waals surface area contributed by atoms with Gasteiger partial charge in [-0.05, 0) is 44.6 Å². The summed E-state index contributed by atoms with van der Waals surface area (Å²) in [4.78, 5) is 34.0. The van der Waals surface area contributed by atoms with Gasteiger partial charge in [0, 0.05) is 25.2 Å². The molecule has 1 aliphatic rings. The molecule has 168 valence electrons. The molecule has 0 aliphatic heterocycles. The molecule has 0 saturated heterocycles. The number of carbonyl (C=O) groups excluding carboxylic acids is 3. The van der Waals surface area contributed by atoms with E-state index in [1.165, 1.54) is 32.6 Å². The monoisotopic (exact) mass is 419 g/mol. The standard InChI is InChI=1S/C24H37NO5/c1-3-4-5-6-8-11-14-20-17-18-22(27)21(20)15-12-9-7-10-13-16-23(28)30-24(29)25-19(2)26/h9,11-12,14,17-18,20-21,23,28H,3-8,10,13,15-16H2,1-2H3,(H,25,26,29)/t20-,21+,23?/m0/s1. The van der Waals surface area contributed by atoms with Crippen molar-refractivity contribution in [1.29, 1.82) is 0 Å². The van der Waals surface area contributed by atoms with Gasteiger partial charge in [0.25, 0.3) is 0 Å². The van der Waals surface area contributed by atoms with E-state index < -0.39 is 18.3 Å². The van der Waals surface area contributed by atoms with Gasteiger partial charge in [-0.25, -0.2) is 4.79 Å². The Morgan fingerprint density at radius 2 is 1.87 bits per heavy atom. The number of hydrogen-bond acceptors (Lipinski definition) is 5. The third-order valence-corrected chi connectivity index (χ3v) is 5.05. The van der Waals surface area contributed by atoms with E-state index in [0.717, 1.165) is 25.7 Å². The number of ether oxygens (including phenoxy) is 1. The van der Waals surface area contributed by atoms with Crippen LogP contribution in [0.2, 0.25) is 0 Å². The molecule has 1 aliphatic carbocycles. The maximum Gasteiger partial charge on any atom is 0.416 e. The van der Waals surface area contributed by atoms with E-state index in [4.69, 9.17) is 0 Å². The minimum Gasteiger partial charge on any atom is -0.420 e. The molecule has 0 saturated carbocycles. The third kappa shape index (κ3) is 11.7. The molecule has 0 spiro atoms. The quantitative estimate of drug-likeness (QED) is 0.235. The lowest BCUT2D eigenvalue weighted by Gasteiger charge is -2.12. The van der Waals surface area contributed by atoms with Crippen molar-refractivity contribution in [2.24, 2.45) is 11.8 Å². The van der Waals surface area contributed by atoms with Gasteiger partial charge in [-0.2, -0.15) is 0 Å². The molecular weight excluding hydrogens is 382 g/mol. The van der Waals surface area contributed by atoms with Crippen molar-refractivity contribution in [2.45, 2.75) is 84.3 Å². The van der Waals surface area contributed by atoms with Crippen LogP contribution in [-0.4, -0.2) is 29.2 Å². The number of alkyl carbamates (subject to hydrolysis) is 1. The summed E-state index contributed by atoms with van der Waals surface area (Å²) in [7, 11) is 0. The maximum atomic E-state index is 12.1. The largest absolute Gasteiger partial charge is 0.420 e. The molecule has 2 amide bonds. The highest BCUT2D eigenvalue weighted by Gasteiger charge is 2.26. The van der Waals surface area contributed by atoms with Gasteiger partial charge in [0.15, 0.2) is 5.78 Å². The second-order valence-corrected chi connectivity index (χ2v) is 7.76. The number of ketones is 1. The summed E-state index contributed by atoms with van der Waals surface area (Å²) in [5.74, 6) is -0.132. The van der Waals surface area contributed by atoms with Crippen LogP contribution in [0.15, 0.2) is 36.5 Å². The Bertz CT molecular complexity index is 623. The lowest BCUT2D eigenvalue weighted by molar-refractivity contribution is -0.119. The Hall–Kier alpha value is -2.21. The second-order valence-electron chi connectivity index (χ2n) is 7.76. The van der Waals surface area contributed by atoms with Gasteiger partial charge in [-0.15, -0.1) is 0 Å². The van der Waals surface area contributed by atoms with Gasteiger partial charge in [0.1, 0.15) is 0 Å². The first-order valence-corrected chi connectivity index (χ1v) is 11.1. The number of carbonyl (C=O) groups is 3. The molecule has 1 unspecified atom stereocenters. The average molecular weight is 420 g/mol. The fourth-order valence-corrected chi connectivity index (χ4v) is 3.36. The Labute approximate surface area is 180 Å². The number of aliphatic hydroxyl groups excluding tert-OH is 1. The number of unbranched alkanes of at least 4 members (excludes halogenated alkanes) is 6. The maximum absolute atomic E-state index is 12.1. The van der Waals surface area contributed by atoms with E-state index in [1.807, 2.05) is 11.4 Å². The molecule has 6 nitrogen and oxygen atoms in total. The summed E-state index contributed by atoms with van der Waals surface area (Å²) in [5.41, 5.74) is 0. The molecule has 0 aromatic carbocycles. The lowest BCUT2D eigenvalue weighted by Crippen LogP contribution is -2.32. The van der Waals surface area contributed by atoms with Gasteiger partial charge in [-0.1, -0.05) is 56.6 Å². The van der Waals surface area contributed by atoms with Crippen LogP contribution >= 0.6 is 0 Å². The first kappa shape index (κ1) is 25.8. The Kier molecular flexibility index (Phi) is 13.4. The highest BCUT2D eigenvalue weighted by atomic mass is 16.6. The zero-order valence-electron chi connectivity index (χ0n) is 18.3. The molecule has 3 atom stereocenters. The zero-order valence-corrected chi connectivity index (χ0v) is 18.3. The topological polar surface area (TPSA) is 92.7 Å². The van der Waals surface area contributed by atoms with E-state index in [-0.39, 0.29) is 17.6 Å². The normalized spacial score (nSPS) is 19.6. The summed E-state index contributed by atoms with van der Waals surface area (Å²) < 4.78 is 4.66. The van der Waals surface area contributed by atoms with E-state index in [9.17, 15) is 19.5 Å². The van der Waals surface area contributed by atoms with Gasteiger partial charge < -0.3 is 9.84 Å². The van der Waals surface area contributed by atoms with E-state index in [1.54, 1.807) is 6.08 Å². The molecule has 0 heterocycles. The number of amides is 2. The van der Waals surface area contributed by atoms with Crippen molar-refractivity contribution in [3.63, 3.8) is 0 Å². The second kappa shape index (κ2) is 15.6. The molecule has 0 radical (unpaired) electrons. The van der Waals surface area contributed by atoms with Gasteiger partial charge in [-0.3, -0.25) is 14.9 Å². The number of aliphatic hydroxyl groups is 1. The first-order chi connectivity index (χ1) is 14.4. The van der Waals surface area contributed by atoms with Crippen LogP contribution in [0.4, 0.5) is 4.79 Å². The molecule has 30 heavy (non-hydrogen) atoms. The number of nitrogens with one attached hydrogen (secondary N) is 1. The number of imide groups is 1. The summed E-state index contributed by atoms with van der Waals surface area (Å²) in [6.07, 6.45) is 19.5. The van der Waals surface area contributed by atoms with Crippen LogP contribution in [0.1, 0.15) is 78.1 Å². The van der Waals surface area contributed by atoms with E-state index >= 15 is 0 Å². The average Bonchev–Trinajstić information content (AvgIpc) is 3.02. The molecular formula is C24H37NO5. The number of rotatable bonds is 14. The van der Waals surface area contributed by atoms with Crippen LogP contribution in [0.3, 0.4) is 0 Å². The van der Waals surface area contributed by atoms with Crippen molar-refractivity contribution in [2.75, 3.05) is 0 Å². The molecule has 0 bridgehead atoms. The van der Waals surface area contributed by atoms with Crippen molar-refractivity contribution < 1.29 is 24.2 Å². The predicted molar refractivity (Wildman–Crippen MR) is 118 cm³/mol. The summed E-state index contributed by atoms with van der Waals surface area (Å²) in [6, 6.07) is 0. The Balaban J connectivity index is 2.19. The first-order valence-electron chi connectivity index (χ1n) is 11.1. The third-order valence-electron chi connectivity index (χ3n) is 5.05. The van der Waals surface area contributed by atoms with Gasteiger partial charge in [0.2, 0.25) is 12.2 Å². The SMILES string of the molecule is CCCCCCC=C[C@H]1C=CC(=O)[C@@H]1CC=CCCCCC(O)OC(=O)NC(C)=O. The minimum atomic E-state index is -1.22. The van der Waals surface area contributed by atoms with Gasteiger partial charge in [0.05, 0.1) is 0 Å². The summed E-state index contributed by atoms with van der Waals surface area (Å²) in [6.45, 7) is 3.40. The zero-order chi connectivity index (χ0) is 22.2. The molecule has 2 N–H and O–H groups in total. The highest BCUT2D eigenvalue weighted by Crippen LogP contribution is 2.27. The molecule has 6 heteroatoms. The van der Waals surface area contributed by atoms with E-state index in [2.05, 4.69) is 36.0 Å². The highest BCUT2D eigenvalue weighted by molar-refractivity contribution is 5.95. The summed E-state index contributed by atoms with van der Waals surface area (Å²) >= 11 is 0. The van der Waals surface area contributed by atoms with Crippen LogP contribution in [0.25, 0.3) is 0 Å². The molecule has 1 rings (SSSR count). The fraction of sp³-hybridized carbons (Fsp3) is 0.625. The number of allylic oxidation sites excluding steroid dienone is 6. The predicted octanol–water partition coefficient (Wildman–Crippen LogP) is 4.98. The molecule has 0 aromatic rings. The van der Waals surface area contributed by atoms with Crippen molar-refractivity contribution in [3.05, 3.63) is 36.5 Å². The van der Waals surface area contributed by atoms with Crippen LogP contribution < -0.4 is 5.32 Å². The van der Waals surface area contributed by atoms with Crippen molar-refractivity contribution in [3.8, 4) is 0 Å². The fourth-order valence-electron chi connectivity index (χ4n) is 3.36. The smallest absolute Gasteiger partial charge is 0.416 e. The summed E-state index contributed by atoms with van der Waals surface area (Å²) in [5, 5.41) is 11.5. The Morgan fingerprint density at radius 3 is 2.60 bits per heavy atom. The van der Waals surface area contributed by atoms with Crippen molar-refractivity contribution >= 4 is 17.8 Å². The van der Waals surface area contributed by atoms with Crippen LogP contribution in [0, 0.1) is 11.8 Å². The molecule has 0 aromatic heterocycles. The van der Waals surface area contributed by atoms with Crippen LogP contribution in [-0.2, 0) is 14.3 Å². The number of hydrogen-bond donors (Lipinski definition) is 2.